The van der Waals surface area contributed by atoms with Crippen LogP contribution in [0.3, 0.4) is 0 Å². The lowest BCUT2D eigenvalue weighted by Crippen LogP contribution is -2.09. The fourth-order valence-electron chi connectivity index (χ4n) is 1.15. The number of nitrogens with zero attached hydrogens (tertiary/aromatic N) is 2. The molecular formula is C9H9ClN2O2S. The molecule has 80 valence electrons. The highest BCUT2D eigenvalue weighted by atomic mass is 35.5. The number of alkyl halides is 1. The van der Waals surface area contributed by atoms with E-state index in [2.05, 4.69) is 4.98 Å². The van der Waals surface area contributed by atoms with Crippen molar-refractivity contribution in [3.05, 3.63) is 24.0 Å². The van der Waals surface area contributed by atoms with Gasteiger partial charge in [0.15, 0.2) is 9.84 Å². The van der Waals surface area contributed by atoms with Gasteiger partial charge in [-0.05, 0) is 12.1 Å². The number of halogens is 1. The molecule has 6 heteroatoms. The van der Waals surface area contributed by atoms with Gasteiger partial charge in [-0.25, -0.2) is 8.42 Å². The van der Waals surface area contributed by atoms with Crippen molar-refractivity contribution < 1.29 is 8.42 Å². The molecule has 15 heavy (non-hydrogen) atoms. The van der Waals surface area contributed by atoms with Crippen molar-refractivity contribution in [1.29, 1.82) is 5.26 Å². The molecule has 0 bridgehead atoms. The van der Waals surface area contributed by atoms with Gasteiger partial charge < -0.3 is 0 Å². The molecule has 1 aromatic rings. The van der Waals surface area contributed by atoms with E-state index in [-0.39, 0.29) is 16.5 Å². The Morgan fingerprint density at radius 1 is 1.67 bits per heavy atom. The summed E-state index contributed by atoms with van der Waals surface area (Å²) < 4.78 is 22.8. The first-order chi connectivity index (χ1) is 7.00. The molecule has 0 N–H and O–H groups in total. The van der Waals surface area contributed by atoms with Gasteiger partial charge in [-0.1, -0.05) is 0 Å². The molecule has 0 aliphatic carbocycles. The topological polar surface area (TPSA) is 70.8 Å². The van der Waals surface area contributed by atoms with Crippen LogP contribution in [-0.2, 0) is 9.84 Å². The van der Waals surface area contributed by atoms with E-state index in [1.165, 1.54) is 18.3 Å². The molecule has 4 nitrogen and oxygen atoms in total. The molecule has 1 heterocycles. The van der Waals surface area contributed by atoms with Gasteiger partial charge in [-0.15, -0.1) is 11.6 Å². The summed E-state index contributed by atoms with van der Waals surface area (Å²) >= 11 is 5.57. The second kappa shape index (κ2) is 4.60. The van der Waals surface area contributed by atoms with E-state index in [1.54, 1.807) is 0 Å². The Morgan fingerprint density at radius 3 is 2.80 bits per heavy atom. The molecule has 0 radical (unpaired) electrons. The third-order valence-corrected chi connectivity index (χ3v) is 3.29. The summed E-state index contributed by atoms with van der Waals surface area (Å²) in [6, 6.07) is 4.86. The zero-order chi connectivity index (χ0) is 11.5. The van der Waals surface area contributed by atoms with E-state index in [0.717, 1.165) is 6.26 Å². The molecule has 0 aliphatic rings. The van der Waals surface area contributed by atoms with Crippen molar-refractivity contribution in [2.45, 2.75) is 10.8 Å². The molecule has 0 spiro atoms. The molecule has 0 saturated heterocycles. The Kier molecular flexibility index (Phi) is 3.66. The highest BCUT2D eigenvalue weighted by molar-refractivity contribution is 7.90. The molecule has 1 unspecified atom stereocenters. The van der Waals surface area contributed by atoms with Crippen molar-refractivity contribution >= 4 is 21.4 Å². The molecule has 0 fully saturated rings. The minimum absolute atomic E-state index is 0.0238. The Balaban J connectivity index is 3.38. The first-order valence-electron chi connectivity index (χ1n) is 4.11. The van der Waals surface area contributed by atoms with Gasteiger partial charge >= 0.3 is 0 Å². The third-order valence-electron chi connectivity index (χ3n) is 1.84. The van der Waals surface area contributed by atoms with Crippen LogP contribution in [0.15, 0.2) is 23.2 Å². The second-order valence-electron chi connectivity index (χ2n) is 2.99. The highest BCUT2D eigenvalue weighted by Crippen LogP contribution is 2.22. The summed E-state index contributed by atoms with van der Waals surface area (Å²) in [5.41, 5.74) is 0.220. The van der Waals surface area contributed by atoms with Crippen LogP contribution in [0.4, 0.5) is 0 Å². The van der Waals surface area contributed by atoms with Crippen molar-refractivity contribution in [3.63, 3.8) is 0 Å². The Labute approximate surface area is 93.4 Å². The van der Waals surface area contributed by atoms with Gasteiger partial charge in [-0.2, -0.15) is 5.26 Å². The molecule has 0 aliphatic heterocycles. The molecule has 0 aromatic carbocycles. The normalized spacial score (nSPS) is 13.1. The predicted octanol–water partition coefficient (Wildman–Crippen LogP) is 1.33. The summed E-state index contributed by atoms with van der Waals surface area (Å²) in [6.07, 6.45) is 2.52. The lowest BCUT2D eigenvalue weighted by molar-refractivity contribution is 0.599. The minimum atomic E-state index is -3.37. The monoisotopic (exact) mass is 244 g/mol. The van der Waals surface area contributed by atoms with Crippen molar-refractivity contribution in [1.82, 2.24) is 4.98 Å². The van der Waals surface area contributed by atoms with Gasteiger partial charge in [0, 0.05) is 18.3 Å². The molecule has 1 rings (SSSR count). The smallest absolute Gasteiger partial charge is 0.177 e. The van der Waals surface area contributed by atoms with Gasteiger partial charge in [0.25, 0.3) is 0 Å². The van der Waals surface area contributed by atoms with Crippen LogP contribution in [0.25, 0.3) is 0 Å². The van der Waals surface area contributed by atoms with Crippen LogP contribution in [-0.4, -0.2) is 25.5 Å². The lowest BCUT2D eigenvalue weighted by Gasteiger charge is -2.08. The molecule has 0 saturated carbocycles. The third kappa shape index (κ3) is 2.67. The standard InChI is InChI=1S/C9H9ClN2O2S/c1-15(13,14)8-3-2-4-12-9(8)7(5-10)6-11/h2-4,7H,5H2,1H3. The summed E-state index contributed by atoms with van der Waals surface area (Å²) in [4.78, 5) is 3.97. The van der Waals surface area contributed by atoms with Crippen molar-refractivity contribution in [2.24, 2.45) is 0 Å². The summed E-state index contributed by atoms with van der Waals surface area (Å²) in [6.45, 7) is 0. The Hall–Kier alpha value is -1.12. The van der Waals surface area contributed by atoms with Gasteiger partial charge in [0.2, 0.25) is 0 Å². The SMILES string of the molecule is CS(=O)(=O)c1cccnc1C(C#N)CCl. The first kappa shape index (κ1) is 12.0. The fraction of sp³-hybridized carbons (Fsp3) is 0.333. The molecule has 0 amide bonds. The summed E-state index contributed by atoms with van der Waals surface area (Å²) in [5, 5.41) is 8.80. The van der Waals surface area contributed by atoms with Gasteiger partial charge in [-0.3, -0.25) is 4.98 Å². The van der Waals surface area contributed by atoms with Crippen molar-refractivity contribution in [2.75, 3.05) is 12.1 Å². The number of hydrogen-bond donors (Lipinski definition) is 0. The Morgan fingerprint density at radius 2 is 2.33 bits per heavy atom. The van der Waals surface area contributed by atoms with Crippen molar-refractivity contribution in [3.8, 4) is 6.07 Å². The van der Waals surface area contributed by atoms with Crippen LogP contribution in [0.5, 0.6) is 0 Å². The van der Waals surface area contributed by atoms with Gasteiger partial charge in [0.05, 0.1) is 16.7 Å². The average Bonchev–Trinajstić information content (AvgIpc) is 2.19. The second-order valence-corrected chi connectivity index (χ2v) is 5.29. The van der Waals surface area contributed by atoms with Gasteiger partial charge in [0.1, 0.15) is 5.92 Å². The quantitative estimate of drug-likeness (QED) is 0.752. The van der Waals surface area contributed by atoms with Crippen LogP contribution in [0.2, 0.25) is 0 Å². The highest BCUT2D eigenvalue weighted by Gasteiger charge is 2.20. The number of nitriles is 1. The van der Waals surface area contributed by atoms with E-state index < -0.39 is 15.8 Å². The molecule has 1 atom stereocenters. The number of hydrogen-bond acceptors (Lipinski definition) is 4. The maximum Gasteiger partial charge on any atom is 0.177 e. The van der Waals surface area contributed by atoms with Crippen LogP contribution in [0.1, 0.15) is 11.6 Å². The van der Waals surface area contributed by atoms with E-state index in [9.17, 15) is 8.42 Å². The zero-order valence-corrected chi connectivity index (χ0v) is 9.59. The minimum Gasteiger partial charge on any atom is -0.258 e. The fourth-order valence-corrected chi connectivity index (χ4v) is 2.26. The average molecular weight is 245 g/mol. The number of sulfone groups is 1. The zero-order valence-electron chi connectivity index (χ0n) is 8.01. The number of aromatic nitrogens is 1. The summed E-state index contributed by atoms with van der Waals surface area (Å²) in [7, 11) is -3.37. The first-order valence-corrected chi connectivity index (χ1v) is 6.54. The van der Waals surface area contributed by atoms with E-state index in [0.29, 0.717) is 0 Å². The van der Waals surface area contributed by atoms with E-state index in [1.807, 2.05) is 6.07 Å². The maximum absolute atomic E-state index is 11.4. The largest absolute Gasteiger partial charge is 0.258 e. The lowest BCUT2D eigenvalue weighted by atomic mass is 10.1. The summed E-state index contributed by atoms with van der Waals surface area (Å²) in [5.74, 6) is -0.673. The maximum atomic E-state index is 11.4. The number of pyridine rings is 1. The number of rotatable bonds is 3. The Bertz CT molecular complexity index is 493. The van der Waals surface area contributed by atoms with E-state index >= 15 is 0 Å². The van der Waals surface area contributed by atoms with Crippen LogP contribution < -0.4 is 0 Å². The molecule has 1 aromatic heterocycles. The van der Waals surface area contributed by atoms with Crippen LogP contribution in [0, 0.1) is 11.3 Å². The van der Waals surface area contributed by atoms with Crippen LogP contribution >= 0.6 is 11.6 Å². The molecular weight excluding hydrogens is 236 g/mol. The van der Waals surface area contributed by atoms with E-state index in [4.69, 9.17) is 16.9 Å². The predicted molar refractivity (Wildman–Crippen MR) is 56.4 cm³/mol.